The van der Waals surface area contributed by atoms with Gasteiger partial charge in [0.1, 0.15) is 13.2 Å². The maximum atomic E-state index is 6.17. The average Bonchev–Trinajstić information content (AvgIpc) is 2.96. The van der Waals surface area contributed by atoms with Gasteiger partial charge in [0.2, 0.25) is 0 Å². The molecule has 2 aliphatic rings. The molecule has 15 heavy (non-hydrogen) atoms. The van der Waals surface area contributed by atoms with Gasteiger partial charge in [0, 0.05) is 16.6 Å². The zero-order valence-electron chi connectivity index (χ0n) is 8.25. The van der Waals surface area contributed by atoms with Crippen LogP contribution in [0.1, 0.15) is 18.4 Å². The third kappa shape index (κ3) is 1.46. The SMILES string of the molecule is NC1(c2cc3c(cc2Cl)OCCO3)CC1. The number of halogens is 1. The van der Waals surface area contributed by atoms with Crippen molar-refractivity contribution in [3.8, 4) is 11.5 Å². The summed E-state index contributed by atoms with van der Waals surface area (Å²) < 4.78 is 10.9. The maximum Gasteiger partial charge on any atom is 0.162 e. The van der Waals surface area contributed by atoms with Crippen molar-refractivity contribution in [1.29, 1.82) is 0 Å². The minimum Gasteiger partial charge on any atom is -0.486 e. The molecule has 3 rings (SSSR count). The summed E-state index contributed by atoms with van der Waals surface area (Å²) in [6.45, 7) is 1.17. The quantitative estimate of drug-likeness (QED) is 0.796. The molecule has 0 spiro atoms. The lowest BCUT2D eigenvalue weighted by atomic mass is 10.0. The Morgan fingerprint density at radius 1 is 1.13 bits per heavy atom. The van der Waals surface area contributed by atoms with Crippen LogP contribution in [0.4, 0.5) is 0 Å². The Hall–Kier alpha value is -0.930. The van der Waals surface area contributed by atoms with Crippen LogP contribution in [0.2, 0.25) is 5.02 Å². The second-order valence-corrected chi connectivity index (χ2v) is 4.54. The first-order valence-corrected chi connectivity index (χ1v) is 5.45. The standard InChI is InChI=1S/C11H12ClNO2/c12-8-6-10-9(14-3-4-15-10)5-7(8)11(13)1-2-11/h5-6H,1-4,13H2. The van der Waals surface area contributed by atoms with Gasteiger partial charge < -0.3 is 15.2 Å². The van der Waals surface area contributed by atoms with Crippen LogP contribution in [-0.2, 0) is 5.54 Å². The van der Waals surface area contributed by atoms with Crippen LogP contribution >= 0.6 is 11.6 Å². The summed E-state index contributed by atoms with van der Waals surface area (Å²) >= 11 is 6.17. The number of nitrogens with two attached hydrogens (primary N) is 1. The fourth-order valence-electron chi connectivity index (χ4n) is 1.85. The molecule has 0 unspecified atom stereocenters. The van der Waals surface area contributed by atoms with E-state index < -0.39 is 0 Å². The van der Waals surface area contributed by atoms with Gasteiger partial charge in [-0.3, -0.25) is 0 Å². The largest absolute Gasteiger partial charge is 0.486 e. The van der Waals surface area contributed by atoms with E-state index in [1.165, 1.54) is 0 Å². The molecule has 0 radical (unpaired) electrons. The van der Waals surface area contributed by atoms with Crippen LogP contribution < -0.4 is 15.2 Å². The van der Waals surface area contributed by atoms with Crippen molar-refractivity contribution >= 4 is 11.6 Å². The van der Waals surface area contributed by atoms with E-state index in [0.717, 1.165) is 29.9 Å². The molecule has 1 heterocycles. The molecule has 80 valence electrons. The molecule has 1 fully saturated rings. The molecule has 1 aliphatic carbocycles. The van der Waals surface area contributed by atoms with Crippen LogP contribution in [0.5, 0.6) is 11.5 Å². The Morgan fingerprint density at radius 2 is 1.73 bits per heavy atom. The molecular weight excluding hydrogens is 214 g/mol. The van der Waals surface area contributed by atoms with Crippen LogP contribution in [0.25, 0.3) is 0 Å². The maximum absolute atomic E-state index is 6.17. The molecule has 1 aliphatic heterocycles. The second-order valence-electron chi connectivity index (χ2n) is 4.13. The first-order chi connectivity index (χ1) is 7.19. The average molecular weight is 226 g/mol. The lowest BCUT2D eigenvalue weighted by Crippen LogP contribution is -2.21. The number of fused-ring (bicyclic) bond motifs is 1. The molecule has 1 aromatic carbocycles. The fraction of sp³-hybridized carbons (Fsp3) is 0.455. The van der Waals surface area contributed by atoms with Crippen molar-refractivity contribution in [3.63, 3.8) is 0 Å². The van der Waals surface area contributed by atoms with Gasteiger partial charge in [-0.15, -0.1) is 0 Å². The number of hydrogen-bond acceptors (Lipinski definition) is 3. The number of ether oxygens (including phenoxy) is 2. The highest BCUT2D eigenvalue weighted by atomic mass is 35.5. The number of hydrogen-bond donors (Lipinski definition) is 1. The Kier molecular flexibility index (Phi) is 1.88. The first-order valence-electron chi connectivity index (χ1n) is 5.08. The van der Waals surface area contributed by atoms with E-state index in [2.05, 4.69) is 0 Å². The Bertz CT molecular complexity index is 415. The Labute approximate surface area is 93.1 Å². The molecule has 0 aromatic heterocycles. The number of benzene rings is 1. The predicted molar refractivity (Wildman–Crippen MR) is 57.5 cm³/mol. The number of rotatable bonds is 1. The van der Waals surface area contributed by atoms with Gasteiger partial charge in [-0.25, -0.2) is 0 Å². The van der Waals surface area contributed by atoms with Crippen molar-refractivity contribution < 1.29 is 9.47 Å². The van der Waals surface area contributed by atoms with Crippen LogP contribution in [0.15, 0.2) is 12.1 Å². The van der Waals surface area contributed by atoms with E-state index in [1.54, 1.807) is 6.07 Å². The van der Waals surface area contributed by atoms with Crippen LogP contribution in [-0.4, -0.2) is 13.2 Å². The zero-order chi connectivity index (χ0) is 10.5. The molecule has 3 nitrogen and oxygen atoms in total. The molecule has 0 saturated heterocycles. The van der Waals surface area contributed by atoms with Crippen molar-refractivity contribution in [2.24, 2.45) is 5.73 Å². The summed E-state index contributed by atoms with van der Waals surface area (Å²) in [6.07, 6.45) is 1.98. The minimum atomic E-state index is -0.229. The second kappa shape index (κ2) is 3.03. The van der Waals surface area contributed by atoms with Gasteiger partial charge in [-0.05, 0) is 24.5 Å². The fourth-order valence-corrected chi connectivity index (χ4v) is 2.19. The molecule has 1 saturated carbocycles. The predicted octanol–water partition coefficient (Wildman–Crippen LogP) is 2.06. The highest BCUT2D eigenvalue weighted by Crippen LogP contribution is 2.48. The van der Waals surface area contributed by atoms with Crippen LogP contribution in [0, 0.1) is 0 Å². The van der Waals surface area contributed by atoms with E-state index in [1.807, 2.05) is 6.07 Å². The van der Waals surface area contributed by atoms with Gasteiger partial charge in [-0.1, -0.05) is 11.6 Å². The lowest BCUT2D eigenvalue weighted by molar-refractivity contribution is 0.171. The van der Waals surface area contributed by atoms with Gasteiger partial charge in [0.05, 0.1) is 0 Å². The molecule has 0 bridgehead atoms. The molecule has 2 N–H and O–H groups in total. The van der Waals surface area contributed by atoms with Crippen molar-refractivity contribution in [2.45, 2.75) is 18.4 Å². The molecular formula is C11H12ClNO2. The van der Waals surface area contributed by atoms with Gasteiger partial charge >= 0.3 is 0 Å². The Morgan fingerprint density at radius 3 is 2.33 bits per heavy atom. The smallest absolute Gasteiger partial charge is 0.162 e. The van der Waals surface area contributed by atoms with Crippen molar-refractivity contribution in [2.75, 3.05) is 13.2 Å². The first kappa shape index (κ1) is 9.31. The monoisotopic (exact) mass is 225 g/mol. The summed E-state index contributed by atoms with van der Waals surface area (Å²) in [5.41, 5.74) is 6.87. The summed E-state index contributed by atoms with van der Waals surface area (Å²) in [5, 5.41) is 0.680. The Balaban J connectivity index is 2.08. The normalized spacial score (nSPS) is 21.2. The topological polar surface area (TPSA) is 44.5 Å². The third-order valence-electron chi connectivity index (χ3n) is 2.96. The highest BCUT2D eigenvalue weighted by Gasteiger charge is 2.42. The highest BCUT2D eigenvalue weighted by molar-refractivity contribution is 6.31. The van der Waals surface area contributed by atoms with E-state index in [-0.39, 0.29) is 5.54 Å². The third-order valence-corrected chi connectivity index (χ3v) is 3.27. The molecule has 1 aromatic rings. The summed E-state index contributed by atoms with van der Waals surface area (Å²) in [6, 6.07) is 3.72. The van der Waals surface area contributed by atoms with Crippen molar-refractivity contribution in [1.82, 2.24) is 0 Å². The summed E-state index contributed by atoms with van der Waals surface area (Å²) in [4.78, 5) is 0. The summed E-state index contributed by atoms with van der Waals surface area (Å²) in [5.74, 6) is 1.48. The summed E-state index contributed by atoms with van der Waals surface area (Å²) in [7, 11) is 0. The molecule has 4 heteroatoms. The van der Waals surface area contributed by atoms with E-state index in [0.29, 0.717) is 18.2 Å². The lowest BCUT2D eigenvalue weighted by Gasteiger charge is -2.21. The minimum absolute atomic E-state index is 0.229. The van der Waals surface area contributed by atoms with Crippen molar-refractivity contribution in [3.05, 3.63) is 22.7 Å². The van der Waals surface area contributed by atoms with E-state index in [4.69, 9.17) is 26.8 Å². The molecule has 0 amide bonds. The van der Waals surface area contributed by atoms with Crippen LogP contribution in [0.3, 0.4) is 0 Å². The van der Waals surface area contributed by atoms with Gasteiger partial charge in [0.15, 0.2) is 11.5 Å². The van der Waals surface area contributed by atoms with E-state index >= 15 is 0 Å². The molecule has 0 atom stereocenters. The van der Waals surface area contributed by atoms with Gasteiger partial charge in [-0.2, -0.15) is 0 Å². The zero-order valence-corrected chi connectivity index (χ0v) is 9.01. The van der Waals surface area contributed by atoms with E-state index in [9.17, 15) is 0 Å². The van der Waals surface area contributed by atoms with Gasteiger partial charge in [0.25, 0.3) is 0 Å².